The number of rotatable bonds is 10. The van der Waals surface area contributed by atoms with Crippen molar-refractivity contribution < 1.29 is 33.8 Å². The molecule has 3 rings (SSSR count). The minimum atomic E-state index is -1.15. The number of nitrogens with zero attached hydrogens (tertiary/aromatic N) is 4. The van der Waals surface area contributed by atoms with Gasteiger partial charge in [0.2, 0.25) is 11.8 Å². The zero-order valence-corrected chi connectivity index (χ0v) is 22.8. The molecule has 0 saturated carbocycles. The van der Waals surface area contributed by atoms with Crippen LogP contribution in [-0.4, -0.2) is 93.5 Å². The summed E-state index contributed by atoms with van der Waals surface area (Å²) in [5, 5.41) is 14.5. The maximum atomic E-state index is 13.4. The van der Waals surface area contributed by atoms with Gasteiger partial charge >= 0.3 is 12.1 Å². The highest BCUT2D eigenvalue weighted by molar-refractivity contribution is 5.98. The van der Waals surface area contributed by atoms with Crippen LogP contribution in [0.3, 0.4) is 0 Å². The van der Waals surface area contributed by atoms with Crippen LogP contribution in [0.5, 0.6) is 0 Å². The van der Waals surface area contributed by atoms with E-state index < -0.39 is 29.9 Å². The third-order valence-corrected chi connectivity index (χ3v) is 6.13. The summed E-state index contributed by atoms with van der Waals surface area (Å²) in [4.78, 5) is 74.0. The van der Waals surface area contributed by atoms with Gasteiger partial charge in [-0.25, -0.2) is 14.8 Å². The van der Waals surface area contributed by atoms with Crippen LogP contribution in [-0.2, 0) is 19.1 Å². The Bertz CT molecular complexity index is 1230. The Morgan fingerprint density at radius 2 is 1.65 bits per heavy atom. The molecule has 1 saturated heterocycles. The second kappa shape index (κ2) is 14.0. The van der Waals surface area contributed by atoms with Crippen LogP contribution in [0.25, 0.3) is 11.4 Å². The lowest BCUT2D eigenvalue weighted by molar-refractivity contribution is -0.138. The Hall–Kier alpha value is -4.55. The molecule has 0 spiro atoms. The van der Waals surface area contributed by atoms with Crippen LogP contribution in [0.4, 0.5) is 10.6 Å². The molecule has 1 aromatic heterocycles. The molecule has 40 heavy (non-hydrogen) atoms. The first-order valence-corrected chi connectivity index (χ1v) is 13.1. The number of benzene rings is 1. The maximum Gasteiger partial charge on any atom is 0.409 e. The highest BCUT2D eigenvalue weighted by Gasteiger charge is 2.31. The van der Waals surface area contributed by atoms with Crippen LogP contribution < -0.4 is 10.6 Å². The van der Waals surface area contributed by atoms with Crippen molar-refractivity contribution in [1.82, 2.24) is 25.1 Å². The van der Waals surface area contributed by atoms with Gasteiger partial charge in [0.25, 0.3) is 5.91 Å². The lowest BCUT2D eigenvalue weighted by atomic mass is 10.1. The molecule has 0 bridgehead atoms. The number of nitrogens with one attached hydrogen (secondary N) is 2. The first-order valence-electron chi connectivity index (χ1n) is 13.1. The van der Waals surface area contributed by atoms with Crippen molar-refractivity contribution in [2.75, 3.05) is 38.1 Å². The Labute approximate surface area is 231 Å². The number of carbonyl (C=O) groups excluding carboxylic acids is 4. The van der Waals surface area contributed by atoms with E-state index in [0.29, 0.717) is 5.56 Å². The molecule has 1 aromatic carbocycles. The molecule has 4 amide bonds. The zero-order chi connectivity index (χ0) is 29.2. The molecule has 1 aliphatic rings. The monoisotopic (exact) mass is 554 g/mol. The van der Waals surface area contributed by atoms with Gasteiger partial charge in [-0.15, -0.1) is 0 Å². The molecule has 13 nitrogen and oxygen atoms in total. The summed E-state index contributed by atoms with van der Waals surface area (Å²) in [6, 6.07) is 9.02. The summed E-state index contributed by atoms with van der Waals surface area (Å²) in [5.74, 6) is -2.66. The Balaban J connectivity index is 1.83. The van der Waals surface area contributed by atoms with Crippen LogP contribution in [0.15, 0.2) is 36.4 Å². The molecule has 0 radical (unpaired) electrons. The number of carboxylic acid groups (broad SMARTS) is 1. The van der Waals surface area contributed by atoms with E-state index in [-0.39, 0.29) is 74.8 Å². The summed E-state index contributed by atoms with van der Waals surface area (Å²) in [5.41, 5.74) is 0.503. The number of aromatic nitrogens is 2. The number of hydrogen-bond acceptors (Lipinski definition) is 8. The first kappa shape index (κ1) is 30.0. The maximum absolute atomic E-state index is 13.4. The average molecular weight is 555 g/mol. The third kappa shape index (κ3) is 8.22. The molecular weight excluding hydrogens is 520 g/mol. The Kier molecular flexibility index (Phi) is 10.5. The molecule has 1 aliphatic heterocycles. The van der Waals surface area contributed by atoms with Gasteiger partial charge in [-0.05, 0) is 13.3 Å². The smallest absolute Gasteiger partial charge is 0.409 e. The number of carbonyl (C=O) groups is 5. The molecule has 214 valence electrons. The van der Waals surface area contributed by atoms with Crippen molar-refractivity contribution in [1.29, 1.82) is 0 Å². The molecular formula is C27H34N6O7. The van der Waals surface area contributed by atoms with E-state index in [1.165, 1.54) is 15.9 Å². The highest BCUT2D eigenvalue weighted by Crippen LogP contribution is 2.19. The van der Waals surface area contributed by atoms with E-state index >= 15 is 0 Å². The summed E-state index contributed by atoms with van der Waals surface area (Å²) in [6.07, 6.45) is -0.969. The summed E-state index contributed by atoms with van der Waals surface area (Å²) in [7, 11) is 0. The van der Waals surface area contributed by atoms with Gasteiger partial charge in [0.05, 0.1) is 6.61 Å². The van der Waals surface area contributed by atoms with Crippen LogP contribution in [0.1, 0.15) is 44.1 Å². The van der Waals surface area contributed by atoms with Gasteiger partial charge in [0.15, 0.2) is 5.82 Å². The lowest BCUT2D eigenvalue weighted by Crippen LogP contribution is -2.56. The van der Waals surface area contributed by atoms with E-state index in [9.17, 15) is 29.1 Å². The number of hydrogen-bond donors (Lipinski definition) is 3. The molecule has 2 heterocycles. The van der Waals surface area contributed by atoms with Crippen molar-refractivity contribution in [3.05, 3.63) is 42.1 Å². The van der Waals surface area contributed by atoms with Crippen molar-refractivity contribution in [2.24, 2.45) is 5.92 Å². The standard InChI is InChI=1S/C27H34N6O7/c1-4-40-27(39)33-14-12-32(13-15-33)26(38)19(10-11-22(34)35)29-25(37)20-16-21(31-24(36)17(2)3)30-23(28-20)18-8-6-5-7-9-18/h5-9,16-17,19H,4,10-15H2,1-3H3,(H,29,37)(H,34,35)(H,28,30,31,36)/t19-/m0/s1. The second-order valence-electron chi connectivity index (χ2n) is 9.44. The largest absolute Gasteiger partial charge is 0.481 e. The quantitative estimate of drug-likeness (QED) is 0.397. The average Bonchev–Trinajstić information content (AvgIpc) is 2.95. The number of anilines is 1. The number of piperazine rings is 1. The minimum absolute atomic E-state index is 0.104. The van der Waals surface area contributed by atoms with Gasteiger partial charge in [-0.3, -0.25) is 19.2 Å². The fourth-order valence-electron chi connectivity index (χ4n) is 3.92. The summed E-state index contributed by atoms with van der Waals surface area (Å²) in [6.45, 7) is 6.27. The predicted octanol–water partition coefficient (Wildman–Crippen LogP) is 2.00. The van der Waals surface area contributed by atoms with E-state index in [2.05, 4.69) is 20.6 Å². The SMILES string of the molecule is CCOC(=O)N1CCN(C(=O)[C@H](CCC(=O)O)NC(=O)c2cc(NC(=O)C(C)C)nc(-c3ccccc3)n2)CC1. The molecule has 2 aromatic rings. The van der Waals surface area contributed by atoms with Crippen LogP contribution in [0.2, 0.25) is 0 Å². The highest BCUT2D eigenvalue weighted by atomic mass is 16.6. The fraction of sp³-hybridized carbons (Fsp3) is 0.444. The van der Waals surface area contributed by atoms with Gasteiger partial charge in [0.1, 0.15) is 17.6 Å². The first-order chi connectivity index (χ1) is 19.1. The normalized spacial score (nSPS) is 13.9. The van der Waals surface area contributed by atoms with Crippen molar-refractivity contribution in [3.8, 4) is 11.4 Å². The molecule has 0 aliphatic carbocycles. The topological polar surface area (TPSA) is 171 Å². The molecule has 13 heteroatoms. The Morgan fingerprint density at radius 1 is 1.00 bits per heavy atom. The summed E-state index contributed by atoms with van der Waals surface area (Å²) >= 11 is 0. The van der Waals surface area contributed by atoms with E-state index in [0.717, 1.165) is 0 Å². The number of amides is 4. The lowest BCUT2D eigenvalue weighted by Gasteiger charge is -2.35. The van der Waals surface area contributed by atoms with Crippen molar-refractivity contribution in [3.63, 3.8) is 0 Å². The van der Waals surface area contributed by atoms with Crippen molar-refractivity contribution >= 4 is 35.6 Å². The van der Waals surface area contributed by atoms with E-state index in [4.69, 9.17) is 4.74 Å². The minimum Gasteiger partial charge on any atom is -0.481 e. The Morgan fingerprint density at radius 3 is 2.25 bits per heavy atom. The van der Waals surface area contributed by atoms with E-state index in [1.807, 2.05) is 6.07 Å². The number of carboxylic acids is 1. The van der Waals surface area contributed by atoms with Gasteiger partial charge in [-0.1, -0.05) is 44.2 Å². The fourth-order valence-corrected chi connectivity index (χ4v) is 3.92. The molecule has 1 fully saturated rings. The number of ether oxygens (including phenoxy) is 1. The summed E-state index contributed by atoms with van der Waals surface area (Å²) < 4.78 is 5.00. The second-order valence-corrected chi connectivity index (χ2v) is 9.44. The molecule has 1 atom stereocenters. The molecule has 3 N–H and O–H groups in total. The molecule has 0 unspecified atom stereocenters. The zero-order valence-electron chi connectivity index (χ0n) is 22.8. The van der Waals surface area contributed by atoms with Crippen LogP contribution >= 0.6 is 0 Å². The van der Waals surface area contributed by atoms with Gasteiger partial charge < -0.3 is 30.3 Å². The van der Waals surface area contributed by atoms with Crippen LogP contribution in [0, 0.1) is 5.92 Å². The number of aliphatic carboxylic acids is 1. The third-order valence-electron chi connectivity index (χ3n) is 6.13. The van der Waals surface area contributed by atoms with Gasteiger partial charge in [0, 0.05) is 50.1 Å². The van der Waals surface area contributed by atoms with E-state index in [1.54, 1.807) is 45.0 Å². The predicted molar refractivity (Wildman–Crippen MR) is 144 cm³/mol. The van der Waals surface area contributed by atoms with Gasteiger partial charge in [-0.2, -0.15) is 0 Å². The van der Waals surface area contributed by atoms with Crippen molar-refractivity contribution in [2.45, 2.75) is 39.7 Å².